The number of rotatable bonds is 4. The summed E-state index contributed by atoms with van der Waals surface area (Å²) in [6.07, 6.45) is 0.637. The largest absolute Gasteiger partial charge is 0.391 e. The van der Waals surface area contributed by atoms with Gasteiger partial charge >= 0.3 is 0 Å². The second-order valence-corrected chi connectivity index (χ2v) is 2.32. The Morgan fingerprint density at radius 3 is 2.33 bits per heavy atom. The summed E-state index contributed by atoms with van der Waals surface area (Å²) in [5.41, 5.74) is 0. The van der Waals surface area contributed by atoms with Crippen LogP contribution in [-0.4, -0.2) is 23.9 Å². The zero-order valence-corrected chi connectivity index (χ0v) is 6.42. The van der Waals surface area contributed by atoms with Gasteiger partial charge in [-0.2, -0.15) is 0 Å². The van der Waals surface area contributed by atoms with Gasteiger partial charge in [-0.25, -0.2) is 0 Å². The van der Waals surface area contributed by atoms with E-state index in [2.05, 4.69) is 6.92 Å². The molecule has 0 aliphatic carbocycles. The molecule has 1 unspecified atom stereocenters. The third-order valence-electron chi connectivity index (χ3n) is 1.26. The molecule has 0 rings (SSSR count). The normalized spacial score (nSPS) is 17.3. The summed E-state index contributed by atoms with van der Waals surface area (Å²) in [6, 6.07) is 0. The van der Waals surface area contributed by atoms with E-state index in [1.165, 1.54) is 0 Å². The van der Waals surface area contributed by atoms with Crippen LogP contribution in [0.25, 0.3) is 0 Å². The molecule has 0 aromatic heterocycles. The molecule has 0 aromatic rings. The molecule has 0 aromatic carbocycles. The standard InChI is InChI=1S/C7H16O2/c1-4-5-9-7(3)6(2)8/h6-8H,4-5H2,1-3H3/t6-,7?/m1/s1. The van der Waals surface area contributed by atoms with Crippen molar-refractivity contribution in [1.29, 1.82) is 0 Å². The highest BCUT2D eigenvalue weighted by Gasteiger charge is 2.06. The van der Waals surface area contributed by atoms with Gasteiger partial charge in [0.1, 0.15) is 0 Å². The Morgan fingerprint density at radius 2 is 2.00 bits per heavy atom. The van der Waals surface area contributed by atoms with Gasteiger partial charge < -0.3 is 9.84 Å². The molecule has 0 amide bonds. The van der Waals surface area contributed by atoms with E-state index in [9.17, 15) is 0 Å². The van der Waals surface area contributed by atoms with Crippen molar-refractivity contribution in [3.05, 3.63) is 0 Å². The summed E-state index contributed by atoms with van der Waals surface area (Å²) in [6.45, 7) is 6.40. The first-order valence-corrected chi connectivity index (χ1v) is 3.48. The van der Waals surface area contributed by atoms with Crippen LogP contribution >= 0.6 is 0 Å². The average molecular weight is 132 g/mol. The fourth-order valence-electron chi connectivity index (χ4n) is 0.443. The van der Waals surface area contributed by atoms with Crippen molar-refractivity contribution >= 4 is 0 Å². The fraction of sp³-hybridized carbons (Fsp3) is 1.00. The van der Waals surface area contributed by atoms with Crippen LogP contribution in [0.5, 0.6) is 0 Å². The van der Waals surface area contributed by atoms with Gasteiger partial charge in [0.05, 0.1) is 12.2 Å². The lowest BCUT2D eigenvalue weighted by Crippen LogP contribution is -2.22. The van der Waals surface area contributed by atoms with Crippen LogP contribution in [0.2, 0.25) is 0 Å². The molecule has 2 heteroatoms. The zero-order valence-electron chi connectivity index (χ0n) is 6.42. The van der Waals surface area contributed by atoms with Crippen LogP contribution in [-0.2, 0) is 4.74 Å². The maximum absolute atomic E-state index is 8.92. The fourth-order valence-corrected chi connectivity index (χ4v) is 0.443. The van der Waals surface area contributed by atoms with Crippen LogP contribution in [0.3, 0.4) is 0 Å². The van der Waals surface area contributed by atoms with Gasteiger partial charge in [-0.15, -0.1) is 0 Å². The molecule has 0 bridgehead atoms. The highest BCUT2D eigenvalue weighted by molar-refractivity contribution is 4.55. The molecule has 9 heavy (non-hydrogen) atoms. The minimum absolute atomic E-state index is 0.0232. The molecule has 0 saturated carbocycles. The SMILES string of the molecule is CCCOC(C)[C@@H](C)O. The first-order chi connectivity index (χ1) is 4.18. The maximum Gasteiger partial charge on any atom is 0.0803 e. The van der Waals surface area contributed by atoms with Crippen molar-refractivity contribution in [2.75, 3.05) is 6.61 Å². The highest BCUT2D eigenvalue weighted by atomic mass is 16.5. The molecule has 2 atom stereocenters. The van der Waals surface area contributed by atoms with E-state index >= 15 is 0 Å². The molecule has 0 heterocycles. The van der Waals surface area contributed by atoms with Crippen molar-refractivity contribution < 1.29 is 9.84 Å². The number of aliphatic hydroxyl groups is 1. The first-order valence-electron chi connectivity index (χ1n) is 3.48. The van der Waals surface area contributed by atoms with E-state index < -0.39 is 0 Å². The second kappa shape index (κ2) is 4.77. The predicted octanol–water partition coefficient (Wildman–Crippen LogP) is 1.18. The summed E-state index contributed by atoms with van der Waals surface area (Å²) < 4.78 is 5.20. The van der Waals surface area contributed by atoms with Crippen molar-refractivity contribution in [3.63, 3.8) is 0 Å². The molecule has 2 nitrogen and oxygen atoms in total. The van der Waals surface area contributed by atoms with E-state index in [0.717, 1.165) is 13.0 Å². The van der Waals surface area contributed by atoms with Gasteiger partial charge in [0, 0.05) is 6.61 Å². The number of ether oxygens (including phenoxy) is 1. The third-order valence-corrected chi connectivity index (χ3v) is 1.26. The number of aliphatic hydroxyl groups excluding tert-OH is 1. The lowest BCUT2D eigenvalue weighted by Gasteiger charge is -2.14. The second-order valence-electron chi connectivity index (χ2n) is 2.32. The lowest BCUT2D eigenvalue weighted by molar-refractivity contribution is -0.0177. The van der Waals surface area contributed by atoms with E-state index in [1.54, 1.807) is 6.92 Å². The average Bonchev–Trinajstić information content (AvgIpc) is 1.82. The minimum Gasteiger partial charge on any atom is -0.391 e. The molecule has 1 N–H and O–H groups in total. The molecule has 0 aliphatic rings. The lowest BCUT2D eigenvalue weighted by atomic mass is 10.3. The molecular formula is C7H16O2. The summed E-state index contributed by atoms with van der Waals surface area (Å²) in [4.78, 5) is 0. The number of hydrogen-bond acceptors (Lipinski definition) is 2. The Morgan fingerprint density at radius 1 is 1.44 bits per heavy atom. The molecule has 0 spiro atoms. The smallest absolute Gasteiger partial charge is 0.0803 e. The summed E-state index contributed by atoms with van der Waals surface area (Å²) >= 11 is 0. The van der Waals surface area contributed by atoms with Crippen molar-refractivity contribution in [3.8, 4) is 0 Å². The van der Waals surface area contributed by atoms with Crippen LogP contribution in [0.15, 0.2) is 0 Å². The molecule has 0 radical (unpaired) electrons. The van der Waals surface area contributed by atoms with Crippen molar-refractivity contribution in [2.24, 2.45) is 0 Å². The molecule has 0 saturated heterocycles. The Labute approximate surface area is 56.8 Å². The van der Waals surface area contributed by atoms with Crippen LogP contribution in [0.4, 0.5) is 0 Å². The topological polar surface area (TPSA) is 29.5 Å². The third kappa shape index (κ3) is 4.43. The minimum atomic E-state index is -0.350. The van der Waals surface area contributed by atoms with Gasteiger partial charge in [0.15, 0.2) is 0 Å². The van der Waals surface area contributed by atoms with Crippen LogP contribution < -0.4 is 0 Å². The molecule has 56 valence electrons. The molecule has 0 fully saturated rings. The summed E-state index contributed by atoms with van der Waals surface area (Å²) in [7, 11) is 0. The van der Waals surface area contributed by atoms with Crippen LogP contribution in [0.1, 0.15) is 27.2 Å². The quantitative estimate of drug-likeness (QED) is 0.622. The van der Waals surface area contributed by atoms with Gasteiger partial charge in [-0.3, -0.25) is 0 Å². The Balaban J connectivity index is 3.16. The monoisotopic (exact) mass is 132 g/mol. The Bertz CT molecular complexity index is 61.9. The van der Waals surface area contributed by atoms with Crippen molar-refractivity contribution in [1.82, 2.24) is 0 Å². The van der Waals surface area contributed by atoms with E-state index in [-0.39, 0.29) is 12.2 Å². The Hall–Kier alpha value is -0.0800. The molecular weight excluding hydrogens is 116 g/mol. The van der Waals surface area contributed by atoms with E-state index in [4.69, 9.17) is 9.84 Å². The van der Waals surface area contributed by atoms with Crippen LogP contribution in [0, 0.1) is 0 Å². The van der Waals surface area contributed by atoms with E-state index in [1.807, 2.05) is 6.92 Å². The number of hydrogen-bond donors (Lipinski definition) is 1. The van der Waals surface area contributed by atoms with E-state index in [0.29, 0.717) is 0 Å². The Kier molecular flexibility index (Phi) is 4.72. The zero-order chi connectivity index (χ0) is 7.28. The first kappa shape index (κ1) is 8.92. The van der Waals surface area contributed by atoms with Gasteiger partial charge in [0.2, 0.25) is 0 Å². The van der Waals surface area contributed by atoms with Gasteiger partial charge in [-0.1, -0.05) is 6.92 Å². The maximum atomic E-state index is 8.92. The predicted molar refractivity (Wildman–Crippen MR) is 37.4 cm³/mol. The van der Waals surface area contributed by atoms with Gasteiger partial charge in [-0.05, 0) is 20.3 Å². The summed E-state index contributed by atoms with van der Waals surface area (Å²) in [5, 5.41) is 8.92. The van der Waals surface area contributed by atoms with Crippen molar-refractivity contribution in [2.45, 2.75) is 39.4 Å². The van der Waals surface area contributed by atoms with Gasteiger partial charge in [0.25, 0.3) is 0 Å². The highest BCUT2D eigenvalue weighted by Crippen LogP contribution is 1.97. The summed E-state index contributed by atoms with van der Waals surface area (Å²) in [5.74, 6) is 0. The molecule has 0 aliphatic heterocycles.